The summed E-state index contributed by atoms with van der Waals surface area (Å²) in [5, 5.41) is 11.1. The predicted octanol–water partition coefficient (Wildman–Crippen LogP) is 3.40. The van der Waals surface area contributed by atoms with Crippen molar-refractivity contribution in [2.24, 2.45) is 0 Å². The number of hydrogen-bond donors (Lipinski definition) is 1. The predicted molar refractivity (Wildman–Crippen MR) is 125 cm³/mol. The van der Waals surface area contributed by atoms with E-state index in [1.807, 2.05) is 0 Å². The van der Waals surface area contributed by atoms with Gasteiger partial charge in [0.05, 0.1) is 0 Å². The van der Waals surface area contributed by atoms with Gasteiger partial charge in [-0.25, -0.2) is 0 Å². The van der Waals surface area contributed by atoms with Gasteiger partial charge in [0.2, 0.25) is 0 Å². The molecule has 0 saturated carbocycles. The lowest BCUT2D eigenvalue weighted by Crippen LogP contribution is -2.58. The lowest BCUT2D eigenvalue weighted by Gasteiger charge is -2.48. The normalized spacial score (nSPS) is 23.0. The minimum absolute atomic E-state index is 0.287. The van der Waals surface area contributed by atoms with Crippen molar-refractivity contribution in [2.75, 3.05) is 39.3 Å². The zero-order valence-corrected chi connectivity index (χ0v) is 19.1. The van der Waals surface area contributed by atoms with Crippen molar-refractivity contribution in [1.29, 1.82) is 0 Å². The van der Waals surface area contributed by atoms with Crippen LogP contribution < -0.4 is 0 Å². The molecule has 1 N–H and O–H groups in total. The summed E-state index contributed by atoms with van der Waals surface area (Å²) >= 11 is 0. The first-order chi connectivity index (χ1) is 14.6. The number of nitrogens with zero attached hydrogens (tertiary/aromatic N) is 4. The van der Waals surface area contributed by atoms with E-state index in [0.29, 0.717) is 18.1 Å². The molecule has 5 nitrogen and oxygen atoms in total. The van der Waals surface area contributed by atoms with E-state index in [4.69, 9.17) is 0 Å². The van der Waals surface area contributed by atoms with Crippen molar-refractivity contribution in [3.8, 4) is 0 Å². The van der Waals surface area contributed by atoms with Gasteiger partial charge in [-0.3, -0.25) is 9.80 Å². The summed E-state index contributed by atoms with van der Waals surface area (Å²) in [5.41, 5.74) is 2.78. The molecule has 3 heterocycles. The first kappa shape index (κ1) is 21.8. The second-order valence-corrected chi connectivity index (χ2v) is 9.46. The second-order valence-electron chi connectivity index (χ2n) is 9.46. The van der Waals surface area contributed by atoms with E-state index in [-0.39, 0.29) is 6.61 Å². The van der Waals surface area contributed by atoms with Crippen molar-refractivity contribution >= 4 is 10.9 Å². The summed E-state index contributed by atoms with van der Waals surface area (Å²) in [6.07, 6.45) is 5.77. The van der Waals surface area contributed by atoms with Crippen LogP contribution in [0.4, 0.5) is 0 Å². The highest BCUT2D eigenvalue weighted by molar-refractivity contribution is 5.83. The number of aromatic nitrogens is 1. The summed E-state index contributed by atoms with van der Waals surface area (Å²) in [5.74, 6) is 0. The summed E-state index contributed by atoms with van der Waals surface area (Å²) in [7, 11) is 0. The maximum atomic E-state index is 9.75. The van der Waals surface area contributed by atoms with E-state index >= 15 is 0 Å². The highest BCUT2D eigenvalue weighted by Crippen LogP contribution is 2.27. The van der Waals surface area contributed by atoms with Crippen molar-refractivity contribution in [2.45, 2.75) is 71.2 Å². The second kappa shape index (κ2) is 9.82. The molecule has 2 aromatic rings. The molecular formula is C25H40N4O. The van der Waals surface area contributed by atoms with Crippen LogP contribution in [0.15, 0.2) is 30.5 Å². The fourth-order valence-electron chi connectivity index (χ4n) is 5.65. The van der Waals surface area contributed by atoms with Gasteiger partial charge in [0, 0.05) is 74.6 Å². The van der Waals surface area contributed by atoms with Crippen LogP contribution in [0.2, 0.25) is 0 Å². The van der Waals surface area contributed by atoms with Crippen LogP contribution in [0, 0.1) is 0 Å². The van der Waals surface area contributed by atoms with Crippen molar-refractivity contribution in [3.05, 3.63) is 36.0 Å². The average Bonchev–Trinajstić information content (AvgIpc) is 3.12. The Morgan fingerprint density at radius 1 is 1.07 bits per heavy atom. The molecule has 0 aliphatic carbocycles. The van der Waals surface area contributed by atoms with Crippen LogP contribution in [0.3, 0.4) is 0 Å². The number of hydrogen-bond acceptors (Lipinski definition) is 4. The minimum Gasteiger partial charge on any atom is -0.396 e. The number of piperazine rings is 1. The summed E-state index contributed by atoms with van der Waals surface area (Å²) in [4.78, 5) is 7.96. The van der Waals surface area contributed by atoms with Gasteiger partial charge in [-0.2, -0.15) is 0 Å². The molecule has 2 fully saturated rings. The SMILES string of the molecule is CCn1cc(CN2CCN(C3CCN(C(C)C)CC3)[C@@H](CCO)C2)c2ccccc21. The molecule has 30 heavy (non-hydrogen) atoms. The van der Waals surface area contributed by atoms with Crippen LogP contribution in [0.1, 0.15) is 45.6 Å². The third-order valence-electron chi connectivity index (χ3n) is 7.38. The molecule has 2 saturated heterocycles. The van der Waals surface area contributed by atoms with Gasteiger partial charge in [-0.05, 0) is 64.8 Å². The Kier molecular flexibility index (Phi) is 7.14. The van der Waals surface area contributed by atoms with E-state index in [9.17, 15) is 5.11 Å². The summed E-state index contributed by atoms with van der Waals surface area (Å²) in [6, 6.07) is 10.6. The fraction of sp³-hybridized carbons (Fsp3) is 0.680. The zero-order chi connectivity index (χ0) is 21.1. The Morgan fingerprint density at radius 3 is 2.53 bits per heavy atom. The lowest BCUT2D eigenvalue weighted by molar-refractivity contribution is 0.0000625. The first-order valence-corrected chi connectivity index (χ1v) is 12.0. The summed E-state index contributed by atoms with van der Waals surface area (Å²) < 4.78 is 2.37. The molecule has 166 valence electrons. The molecule has 0 radical (unpaired) electrons. The third kappa shape index (κ3) is 4.59. The van der Waals surface area contributed by atoms with Gasteiger partial charge < -0.3 is 14.6 Å². The molecule has 1 aromatic carbocycles. The number of benzene rings is 1. The number of para-hydroxylation sites is 1. The van der Waals surface area contributed by atoms with Crippen molar-refractivity contribution in [3.63, 3.8) is 0 Å². The van der Waals surface area contributed by atoms with E-state index in [2.05, 4.69) is 70.5 Å². The van der Waals surface area contributed by atoms with Crippen LogP contribution >= 0.6 is 0 Å². The molecule has 0 amide bonds. The van der Waals surface area contributed by atoms with Gasteiger partial charge in [0.1, 0.15) is 0 Å². The largest absolute Gasteiger partial charge is 0.396 e. The van der Waals surface area contributed by atoms with Gasteiger partial charge in [0.25, 0.3) is 0 Å². The Hall–Kier alpha value is -1.40. The maximum Gasteiger partial charge on any atom is 0.0483 e. The maximum absolute atomic E-state index is 9.75. The molecule has 0 spiro atoms. The van der Waals surface area contributed by atoms with Crippen LogP contribution in [0.5, 0.6) is 0 Å². The van der Waals surface area contributed by atoms with Gasteiger partial charge in [-0.1, -0.05) is 18.2 Å². The molecule has 0 bridgehead atoms. The molecule has 0 unspecified atom stereocenters. The van der Waals surface area contributed by atoms with E-state index < -0.39 is 0 Å². The number of fused-ring (bicyclic) bond motifs is 1. The van der Waals surface area contributed by atoms with Crippen molar-refractivity contribution in [1.82, 2.24) is 19.3 Å². The highest BCUT2D eigenvalue weighted by Gasteiger charge is 2.34. The summed E-state index contributed by atoms with van der Waals surface area (Å²) in [6.45, 7) is 14.9. The number of rotatable bonds is 7. The number of aryl methyl sites for hydroxylation is 1. The van der Waals surface area contributed by atoms with E-state index in [1.54, 1.807) is 0 Å². The highest BCUT2D eigenvalue weighted by atomic mass is 16.3. The first-order valence-electron chi connectivity index (χ1n) is 12.0. The van der Waals surface area contributed by atoms with E-state index in [0.717, 1.165) is 39.1 Å². The molecule has 1 aromatic heterocycles. The van der Waals surface area contributed by atoms with Gasteiger partial charge >= 0.3 is 0 Å². The molecule has 5 heteroatoms. The zero-order valence-electron chi connectivity index (χ0n) is 19.1. The molecule has 4 rings (SSSR count). The van der Waals surface area contributed by atoms with Crippen LogP contribution in [-0.4, -0.2) is 81.8 Å². The monoisotopic (exact) mass is 412 g/mol. The number of aliphatic hydroxyl groups is 1. The fourth-order valence-corrected chi connectivity index (χ4v) is 5.65. The van der Waals surface area contributed by atoms with Gasteiger partial charge in [-0.15, -0.1) is 0 Å². The topological polar surface area (TPSA) is 34.9 Å². The number of likely N-dealkylation sites (tertiary alicyclic amines) is 1. The van der Waals surface area contributed by atoms with E-state index in [1.165, 1.54) is 42.4 Å². The Bertz CT molecular complexity index is 809. The van der Waals surface area contributed by atoms with Crippen molar-refractivity contribution < 1.29 is 5.11 Å². The quantitative estimate of drug-likeness (QED) is 0.756. The standard InChI is InChI=1S/C25H40N4O/c1-4-27-18-21(24-7-5-6-8-25(24)27)17-26-14-15-29(23(19-26)11-16-30)22-9-12-28(13-10-22)20(2)3/h5-8,18,20,22-23,30H,4,9-17,19H2,1-3H3/t23-/m0/s1. The number of aliphatic hydroxyl groups excluding tert-OH is 1. The Morgan fingerprint density at radius 2 is 1.83 bits per heavy atom. The third-order valence-corrected chi connectivity index (χ3v) is 7.38. The molecule has 2 aliphatic rings. The van der Waals surface area contributed by atoms with Gasteiger partial charge in [0.15, 0.2) is 0 Å². The minimum atomic E-state index is 0.287. The Labute approximate surface area is 182 Å². The average molecular weight is 413 g/mol. The molecule has 1 atom stereocenters. The molecular weight excluding hydrogens is 372 g/mol. The smallest absolute Gasteiger partial charge is 0.0483 e. The van der Waals surface area contributed by atoms with Crippen LogP contribution in [-0.2, 0) is 13.1 Å². The Balaban J connectivity index is 1.42. The lowest BCUT2D eigenvalue weighted by atomic mass is 9.97. The molecule has 2 aliphatic heterocycles. The number of piperidine rings is 1. The van der Waals surface area contributed by atoms with Crippen LogP contribution in [0.25, 0.3) is 10.9 Å².